The lowest BCUT2D eigenvalue weighted by Gasteiger charge is -2.28. The van der Waals surface area contributed by atoms with Gasteiger partial charge in [-0.2, -0.15) is 0 Å². The maximum absolute atomic E-state index is 11.8. The molecule has 1 fully saturated rings. The van der Waals surface area contributed by atoms with E-state index in [2.05, 4.69) is 20.5 Å². The van der Waals surface area contributed by atoms with Crippen molar-refractivity contribution in [2.45, 2.75) is 19.9 Å². The van der Waals surface area contributed by atoms with Gasteiger partial charge in [0.2, 0.25) is 0 Å². The Morgan fingerprint density at radius 1 is 1.39 bits per heavy atom. The fourth-order valence-electron chi connectivity index (χ4n) is 1.95. The lowest BCUT2D eigenvalue weighted by atomic mass is 10.2. The summed E-state index contributed by atoms with van der Waals surface area (Å²) in [6.45, 7) is 7.78. The third kappa shape index (κ3) is 3.20. The van der Waals surface area contributed by atoms with Crippen LogP contribution in [-0.2, 0) is 0 Å². The zero-order valence-corrected chi connectivity index (χ0v) is 10.9. The lowest BCUT2D eigenvalue weighted by molar-refractivity contribution is 0.0943. The predicted octanol–water partition coefficient (Wildman–Crippen LogP) is 0.629. The molecule has 0 spiro atoms. The largest absolute Gasteiger partial charge is 0.354 e. The summed E-state index contributed by atoms with van der Waals surface area (Å²) < 4.78 is 0. The van der Waals surface area contributed by atoms with Crippen molar-refractivity contribution in [3.05, 3.63) is 23.9 Å². The van der Waals surface area contributed by atoms with Crippen molar-refractivity contribution in [2.24, 2.45) is 0 Å². The van der Waals surface area contributed by atoms with E-state index in [9.17, 15) is 4.79 Å². The smallest absolute Gasteiger partial charge is 0.253 e. The van der Waals surface area contributed by atoms with Crippen molar-refractivity contribution in [3.8, 4) is 0 Å². The van der Waals surface area contributed by atoms with Crippen LogP contribution in [0.5, 0.6) is 0 Å². The molecule has 0 radical (unpaired) electrons. The zero-order valence-electron chi connectivity index (χ0n) is 10.9. The first-order chi connectivity index (χ1) is 8.66. The summed E-state index contributed by atoms with van der Waals surface area (Å²) in [6, 6.07) is 3.90. The summed E-state index contributed by atoms with van der Waals surface area (Å²) >= 11 is 0. The molecule has 0 unspecified atom stereocenters. The quantitative estimate of drug-likeness (QED) is 0.824. The number of pyridine rings is 1. The number of nitrogens with one attached hydrogen (secondary N) is 2. The minimum absolute atomic E-state index is 0.0654. The number of hydrogen-bond acceptors (Lipinski definition) is 4. The van der Waals surface area contributed by atoms with Crippen molar-refractivity contribution in [1.29, 1.82) is 0 Å². The summed E-state index contributed by atoms with van der Waals surface area (Å²) in [6.07, 6.45) is 1.65. The van der Waals surface area contributed by atoms with E-state index in [1.54, 1.807) is 6.20 Å². The van der Waals surface area contributed by atoms with E-state index in [1.807, 2.05) is 26.0 Å². The van der Waals surface area contributed by atoms with Gasteiger partial charge in [-0.3, -0.25) is 4.79 Å². The van der Waals surface area contributed by atoms with Crippen LogP contribution in [0.15, 0.2) is 18.3 Å². The van der Waals surface area contributed by atoms with E-state index in [-0.39, 0.29) is 11.9 Å². The Bertz CT molecular complexity index is 396. The maximum atomic E-state index is 11.8. The topological polar surface area (TPSA) is 57.3 Å². The molecule has 0 aromatic carbocycles. The first-order valence-electron chi connectivity index (χ1n) is 6.39. The molecule has 0 saturated carbocycles. The zero-order chi connectivity index (χ0) is 13.0. The fraction of sp³-hybridized carbons (Fsp3) is 0.538. The van der Waals surface area contributed by atoms with Crippen LogP contribution >= 0.6 is 0 Å². The molecule has 1 aromatic rings. The Balaban J connectivity index is 2.02. The van der Waals surface area contributed by atoms with Crippen molar-refractivity contribution in [3.63, 3.8) is 0 Å². The summed E-state index contributed by atoms with van der Waals surface area (Å²) in [5.74, 6) is 0.877. The Labute approximate surface area is 108 Å². The van der Waals surface area contributed by atoms with E-state index in [0.717, 1.165) is 32.0 Å². The Morgan fingerprint density at radius 3 is 2.67 bits per heavy atom. The van der Waals surface area contributed by atoms with Crippen LogP contribution in [0.2, 0.25) is 0 Å². The van der Waals surface area contributed by atoms with Crippen LogP contribution in [0.1, 0.15) is 24.2 Å². The molecule has 1 saturated heterocycles. The van der Waals surface area contributed by atoms with Crippen molar-refractivity contribution in [1.82, 2.24) is 15.6 Å². The van der Waals surface area contributed by atoms with E-state index in [4.69, 9.17) is 0 Å². The number of rotatable bonds is 3. The lowest BCUT2D eigenvalue weighted by Crippen LogP contribution is -2.43. The normalized spacial score (nSPS) is 15.8. The average molecular weight is 248 g/mol. The molecule has 2 heterocycles. The number of hydrogen-bond donors (Lipinski definition) is 2. The molecule has 5 nitrogen and oxygen atoms in total. The van der Waals surface area contributed by atoms with Gasteiger partial charge in [0.1, 0.15) is 5.82 Å². The number of anilines is 1. The van der Waals surface area contributed by atoms with Gasteiger partial charge in [-0.15, -0.1) is 0 Å². The Morgan fingerprint density at radius 2 is 2.11 bits per heavy atom. The average Bonchev–Trinajstić information content (AvgIpc) is 2.39. The molecule has 0 aliphatic carbocycles. The molecule has 5 heteroatoms. The molecule has 1 amide bonds. The van der Waals surface area contributed by atoms with Gasteiger partial charge in [0, 0.05) is 38.4 Å². The molecular formula is C13H20N4O. The van der Waals surface area contributed by atoms with E-state index in [1.165, 1.54) is 0 Å². The van der Waals surface area contributed by atoms with Gasteiger partial charge in [-0.1, -0.05) is 0 Å². The van der Waals surface area contributed by atoms with Crippen LogP contribution in [0.25, 0.3) is 0 Å². The van der Waals surface area contributed by atoms with Gasteiger partial charge in [-0.05, 0) is 26.0 Å². The molecule has 1 aliphatic rings. The molecule has 2 rings (SSSR count). The number of carbonyl (C=O) groups is 1. The molecule has 1 aromatic heterocycles. The highest BCUT2D eigenvalue weighted by molar-refractivity contribution is 5.94. The van der Waals surface area contributed by atoms with Gasteiger partial charge < -0.3 is 15.5 Å². The minimum Gasteiger partial charge on any atom is -0.354 e. The van der Waals surface area contributed by atoms with Gasteiger partial charge in [-0.25, -0.2) is 4.98 Å². The standard InChI is InChI=1S/C13H20N4O/c1-10(2)16-13(18)11-3-4-12(15-9-11)17-7-5-14-6-8-17/h3-4,9-10,14H,5-8H2,1-2H3,(H,16,18). The van der Waals surface area contributed by atoms with Crippen LogP contribution < -0.4 is 15.5 Å². The van der Waals surface area contributed by atoms with Gasteiger partial charge in [0.15, 0.2) is 0 Å². The first kappa shape index (κ1) is 12.8. The maximum Gasteiger partial charge on any atom is 0.253 e. The summed E-state index contributed by atoms with van der Waals surface area (Å²) in [4.78, 5) is 18.4. The monoisotopic (exact) mass is 248 g/mol. The fourth-order valence-corrected chi connectivity index (χ4v) is 1.95. The van der Waals surface area contributed by atoms with Gasteiger partial charge >= 0.3 is 0 Å². The number of piperazine rings is 1. The molecule has 98 valence electrons. The number of amides is 1. The second kappa shape index (κ2) is 5.82. The Kier molecular flexibility index (Phi) is 4.15. The molecule has 0 bridgehead atoms. The van der Waals surface area contributed by atoms with Crippen LogP contribution in [0.4, 0.5) is 5.82 Å². The summed E-state index contributed by atoms with van der Waals surface area (Å²) in [7, 11) is 0. The highest BCUT2D eigenvalue weighted by atomic mass is 16.1. The molecule has 1 aliphatic heterocycles. The minimum atomic E-state index is -0.0654. The molecular weight excluding hydrogens is 228 g/mol. The van der Waals surface area contributed by atoms with Crippen molar-refractivity contribution in [2.75, 3.05) is 31.1 Å². The molecule has 0 atom stereocenters. The second-order valence-corrected chi connectivity index (χ2v) is 4.77. The van der Waals surface area contributed by atoms with E-state index >= 15 is 0 Å². The van der Waals surface area contributed by atoms with Gasteiger partial charge in [0.25, 0.3) is 5.91 Å². The number of aromatic nitrogens is 1. The van der Waals surface area contributed by atoms with E-state index in [0.29, 0.717) is 5.56 Å². The summed E-state index contributed by atoms with van der Waals surface area (Å²) in [5.41, 5.74) is 0.614. The third-order valence-electron chi connectivity index (χ3n) is 2.87. The Hall–Kier alpha value is -1.62. The van der Waals surface area contributed by atoms with Crippen molar-refractivity contribution >= 4 is 11.7 Å². The second-order valence-electron chi connectivity index (χ2n) is 4.77. The van der Waals surface area contributed by atoms with Crippen LogP contribution in [-0.4, -0.2) is 43.1 Å². The van der Waals surface area contributed by atoms with Crippen molar-refractivity contribution < 1.29 is 4.79 Å². The first-order valence-corrected chi connectivity index (χ1v) is 6.39. The SMILES string of the molecule is CC(C)NC(=O)c1ccc(N2CCNCC2)nc1. The third-order valence-corrected chi connectivity index (χ3v) is 2.87. The van der Waals surface area contributed by atoms with Gasteiger partial charge in [0.05, 0.1) is 5.56 Å². The predicted molar refractivity (Wildman–Crippen MR) is 71.9 cm³/mol. The van der Waals surface area contributed by atoms with Crippen LogP contribution in [0, 0.1) is 0 Å². The highest BCUT2D eigenvalue weighted by Gasteiger charge is 2.12. The number of nitrogens with zero attached hydrogens (tertiary/aromatic N) is 2. The van der Waals surface area contributed by atoms with Crippen LogP contribution in [0.3, 0.4) is 0 Å². The molecule has 2 N–H and O–H groups in total. The van der Waals surface area contributed by atoms with E-state index < -0.39 is 0 Å². The number of carbonyl (C=O) groups excluding carboxylic acids is 1. The highest BCUT2D eigenvalue weighted by Crippen LogP contribution is 2.11. The molecule has 18 heavy (non-hydrogen) atoms. The summed E-state index contributed by atoms with van der Waals surface area (Å²) in [5, 5.41) is 6.16.